The number of aromatic nitrogens is 8. The van der Waals surface area contributed by atoms with Crippen molar-refractivity contribution < 1.29 is 26.7 Å². The van der Waals surface area contributed by atoms with Crippen LogP contribution in [0.15, 0.2) is 85.5 Å². The third-order valence-electron chi connectivity index (χ3n) is 11.2. The molecule has 2 aromatic carbocycles. The molecule has 5 N–H and O–H groups in total. The number of pyridine rings is 2. The summed E-state index contributed by atoms with van der Waals surface area (Å²) in [6, 6.07) is 19.7. The van der Waals surface area contributed by atoms with Gasteiger partial charge in [-0.3, -0.25) is 14.8 Å². The van der Waals surface area contributed by atoms with Gasteiger partial charge in [0.2, 0.25) is 0 Å². The van der Waals surface area contributed by atoms with Gasteiger partial charge < -0.3 is 26.4 Å². The lowest BCUT2D eigenvalue weighted by Crippen LogP contribution is -2.41. The molecule has 20 heteroatoms. The smallest absolute Gasteiger partial charge is 0.167 e. The van der Waals surface area contributed by atoms with Gasteiger partial charge in [0, 0.05) is 71.6 Å². The first-order valence-electron chi connectivity index (χ1n) is 19.8. The number of Topliss-reactive ketones (excluding diaryl/α,β-unsaturated/α-hetero) is 1. The minimum Gasteiger partial charge on any atom is -0.388 e. The van der Waals surface area contributed by atoms with Gasteiger partial charge >= 0.3 is 0 Å². The molecule has 2 aliphatic rings. The van der Waals surface area contributed by atoms with Crippen LogP contribution >= 0.6 is 0 Å². The van der Waals surface area contributed by atoms with Crippen molar-refractivity contribution in [1.82, 2.24) is 39.2 Å². The summed E-state index contributed by atoms with van der Waals surface area (Å²) in [5, 5.41) is 21.1. The zero-order valence-corrected chi connectivity index (χ0v) is 35.4. The van der Waals surface area contributed by atoms with E-state index in [1.165, 1.54) is 16.0 Å². The van der Waals surface area contributed by atoms with Crippen LogP contribution in [0.3, 0.4) is 0 Å². The van der Waals surface area contributed by atoms with E-state index in [0.29, 0.717) is 41.6 Å². The molecule has 8 aromatic rings. The second-order valence-electron chi connectivity index (χ2n) is 15.4. The Kier molecular flexibility index (Phi) is 10.2. The first-order chi connectivity index (χ1) is 29.7. The quantitative estimate of drug-likeness (QED) is 0.201. The number of nitrogens with two attached hydrogens (primary N) is 2. The summed E-state index contributed by atoms with van der Waals surface area (Å²) in [6.07, 6.45) is 5.97. The Morgan fingerprint density at radius 3 is 1.56 bits per heavy atom. The van der Waals surface area contributed by atoms with Crippen molar-refractivity contribution in [2.24, 2.45) is 0 Å². The molecule has 2 saturated heterocycles. The molecule has 0 amide bonds. The van der Waals surface area contributed by atoms with E-state index in [-0.39, 0.29) is 59.1 Å². The number of carbonyl (C=O) groups excluding carboxylic acids is 1. The van der Waals surface area contributed by atoms with E-state index in [2.05, 4.69) is 20.2 Å². The Balaban J connectivity index is 0.000000158. The van der Waals surface area contributed by atoms with Crippen molar-refractivity contribution in [3.63, 3.8) is 0 Å². The predicted octanol–water partition coefficient (Wildman–Crippen LogP) is 3.78. The minimum absolute atomic E-state index is 0.0117. The minimum atomic E-state index is -3.08. The molecule has 0 bridgehead atoms. The molecular weight excluding hydrogens is 833 g/mol. The van der Waals surface area contributed by atoms with Crippen LogP contribution in [0.1, 0.15) is 35.9 Å². The lowest BCUT2D eigenvalue weighted by Gasteiger charge is -2.30. The van der Waals surface area contributed by atoms with Gasteiger partial charge in [0.1, 0.15) is 28.8 Å². The molecule has 18 nitrogen and oxygen atoms in total. The van der Waals surface area contributed by atoms with Crippen molar-refractivity contribution in [2.75, 3.05) is 70.5 Å². The van der Waals surface area contributed by atoms with Crippen LogP contribution in [-0.4, -0.2) is 116 Å². The van der Waals surface area contributed by atoms with E-state index in [4.69, 9.17) is 21.4 Å². The lowest BCUT2D eigenvalue weighted by atomic mass is 10.1. The Morgan fingerprint density at radius 1 is 0.661 bits per heavy atom. The van der Waals surface area contributed by atoms with Crippen LogP contribution in [-0.2, 0) is 19.7 Å². The maximum Gasteiger partial charge on any atom is 0.167 e. The molecular formula is C42H42N12O6S2. The highest BCUT2D eigenvalue weighted by Crippen LogP contribution is 2.36. The van der Waals surface area contributed by atoms with Crippen LogP contribution in [0.5, 0.6) is 0 Å². The standard InChI is InChI=1S/C21H22N6O3S.C21H20N6O3S/c2*1-13(28)18-19(22)27-20(25-21(18)26-6-8-31(29,30)9-7-26)16(12-24-27)15-10-14-4-2-3-5-17(14)23-11-15/h2-5,10-13,28H,6-9,22H2,1H3;2-5,10-12H,6-9,22H2,1H3. The van der Waals surface area contributed by atoms with Crippen molar-refractivity contribution in [2.45, 2.75) is 20.0 Å². The molecule has 318 valence electrons. The number of rotatable bonds is 6. The molecule has 8 heterocycles. The molecule has 0 saturated carbocycles. The number of sulfone groups is 2. The molecule has 2 aliphatic heterocycles. The Bertz CT molecular complexity index is 3290. The lowest BCUT2D eigenvalue weighted by molar-refractivity contribution is 0.101. The first kappa shape index (κ1) is 40.6. The molecule has 0 spiro atoms. The van der Waals surface area contributed by atoms with Crippen LogP contribution in [0.25, 0.3) is 55.4 Å². The number of fused-ring (bicyclic) bond motifs is 4. The van der Waals surface area contributed by atoms with Crippen LogP contribution in [0.4, 0.5) is 23.3 Å². The second-order valence-corrected chi connectivity index (χ2v) is 20.0. The maximum atomic E-state index is 12.4. The average molecular weight is 875 g/mol. The number of hydrogen-bond acceptors (Lipinski definition) is 16. The van der Waals surface area contributed by atoms with E-state index >= 15 is 0 Å². The third-order valence-corrected chi connectivity index (χ3v) is 14.4. The van der Waals surface area contributed by atoms with Gasteiger partial charge in [-0.05, 0) is 38.1 Å². The number of nitrogen functional groups attached to an aromatic ring is 2. The monoisotopic (exact) mass is 874 g/mol. The molecule has 62 heavy (non-hydrogen) atoms. The maximum absolute atomic E-state index is 12.4. The van der Waals surface area contributed by atoms with Gasteiger partial charge in [-0.1, -0.05) is 36.4 Å². The van der Waals surface area contributed by atoms with E-state index in [0.717, 1.165) is 44.1 Å². The van der Waals surface area contributed by atoms with Crippen molar-refractivity contribution in [3.05, 3.63) is 96.6 Å². The highest BCUT2D eigenvalue weighted by Gasteiger charge is 2.30. The van der Waals surface area contributed by atoms with Gasteiger partial charge in [-0.2, -0.15) is 19.2 Å². The fourth-order valence-corrected chi connectivity index (χ4v) is 10.3. The largest absolute Gasteiger partial charge is 0.388 e. The topological polar surface area (TPSA) is 250 Å². The zero-order valence-electron chi connectivity index (χ0n) is 33.7. The summed E-state index contributed by atoms with van der Waals surface area (Å²) in [5.74, 6) is 1.20. The molecule has 0 aliphatic carbocycles. The predicted molar refractivity (Wildman–Crippen MR) is 239 cm³/mol. The number of hydrogen-bond donors (Lipinski definition) is 3. The summed E-state index contributed by atoms with van der Waals surface area (Å²) < 4.78 is 50.5. The van der Waals surface area contributed by atoms with Crippen molar-refractivity contribution >= 4 is 81.8 Å². The average Bonchev–Trinajstić information content (AvgIpc) is 3.89. The second kappa shape index (κ2) is 15.6. The fourth-order valence-electron chi connectivity index (χ4n) is 7.92. The van der Waals surface area contributed by atoms with Gasteiger partial charge in [0.25, 0.3) is 0 Å². The molecule has 10 rings (SSSR count). The van der Waals surface area contributed by atoms with Gasteiger partial charge in [0.05, 0.1) is 58.1 Å². The zero-order chi connectivity index (χ0) is 43.5. The first-order valence-corrected chi connectivity index (χ1v) is 23.5. The van der Waals surface area contributed by atoms with E-state index in [1.54, 1.807) is 31.7 Å². The number of aliphatic hydroxyl groups excluding tert-OH is 1. The molecule has 0 radical (unpaired) electrons. The summed E-state index contributed by atoms with van der Waals surface area (Å²) in [6.45, 7) is 4.14. The van der Waals surface area contributed by atoms with Gasteiger partial charge in [-0.25, -0.2) is 26.8 Å². The van der Waals surface area contributed by atoms with E-state index in [1.807, 2.05) is 70.5 Å². The number of benzene rings is 2. The number of anilines is 4. The summed E-state index contributed by atoms with van der Waals surface area (Å²) in [7, 11) is -6.14. The number of carbonyl (C=O) groups is 1. The van der Waals surface area contributed by atoms with Crippen LogP contribution in [0.2, 0.25) is 0 Å². The highest BCUT2D eigenvalue weighted by atomic mass is 32.2. The van der Waals surface area contributed by atoms with Crippen molar-refractivity contribution in [3.8, 4) is 22.3 Å². The number of para-hydroxylation sites is 2. The van der Waals surface area contributed by atoms with Crippen LogP contribution < -0.4 is 21.3 Å². The Hall–Kier alpha value is -6.77. The highest BCUT2D eigenvalue weighted by molar-refractivity contribution is 7.91. The number of nitrogens with zero attached hydrogens (tertiary/aromatic N) is 10. The normalized spacial score (nSPS) is 16.7. The number of ketones is 1. The van der Waals surface area contributed by atoms with Crippen molar-refractivity contribution in [1.29, 1.82) is 0 Å². The molecule has 1 atom stereocenters. The van der Waals surface area contributed by atoms with E-state index < -0.39 is 25.8 Å². The molecule has 2 fully saturated rings. The van der Waals surface area contributed by atoms with Crippen LogP contribution in [0, 0.1) is 0 Å². The Labute approximate surface area is 355 Å². The fraction of sp³-hybridized carbons (Fsp3) is 0.262. The SMILES string of the molecule is CC(=O)c1c(N2CCS(=O)(=O)CC2)nc2c(-c3cnc4ccccc4c3)cnn2c1N.CC(O)c1c(N2CCS(=O)(=O)CC2)nc2c(-c3cnc4ccccc4c3)cnn2c1N. The van der Waals surface area contributed by atoms with E-state index in [9.17, 15) is 26.7 Å². The third kappa shape index (κ3) is 7.49. The van der Waals surface area contributed by atoms with Gasteiger partial charge in [0.15, 0.2) is 36.8 Å². The summed E-state index contributed by atoms with van der Waals surface area (Å²) >= 11 is 0. The van der Waals surface area contributed by atoms with Gasteiger partial charge in [-0.15, -0.1) is 0 Å². The molecule has 1 unspecified atom stereocenters. The molecule has 6 aromatic heterocycles. The number of aliphatic hydroxyl groups is 1. The summed E-state index contributed by atoms with van der Waals surface area (Å²) in [4.78, 5) is 34.7. The Morgan fingerprint density at radius 2 is 1.10 bits per heavy atom. The summed E-state index contributed by atoms with van der Waals surface area (Å²) in [5.41, 5.74) is 19.4.